The van der Waals surface area contributed by atoms with Crippen molar-refractivity contribution in [3.05, 3.63) is 23.9 Å². The first-order valence-electron chi connectivity index (χ1n) is 2.85. The van der Waals surface area contributed by atoms with E-state index in [9.17, 15) is 13.2 Å². The first-order valence-corrected chi connectivity index (χ1v) is 3.56. The van der Waals surface area contributed by atoms with Crippen LogP contribution in [0.5, 0.6) is 0 Å². The number of pyridine rings is 1. The largest absolute Gasteiger partial charge is 1.00 e. The van der Waals surface area contributed by atoms with Gasteiger partial charge < -0.3 is 12.4 Å². The summed E-state index contributed by atoms with van der Waals surface area (Å²) in [5.74, 6) is 0. The predicted octanol–water partition coefficient (Wildman–Crippen LogP) is -2.10. The van der Waals surface area contributed by atoms with E-state index in [1.165, 1.54) is 21.7 Å². The van der Waals surface area contributed by atoms with Crippen molar-refractivity contribution in [2.75, 3.05) is 0 Å². The maximum absolute atomic E-state index is 11.9. The zero-order chi connectivity index (χ0) is 8.48. The number of halogens is 4. The maximum atomic E-state index is 11.9. The minimum absolute atomic E-state index is 0. The van der Waals surface area contributed by atoms with Gasteiger partial charge in [0.1, 0.15) is 0 Å². The summed E-state index contributed by atoms with van der Waals surface area (Å²) in [6.07, 6.45) is -3.09. The van der Waals surface area contributed by atoms with Crippen LogP contribution in [0.3, 0.4) is 0 Å². The second kappa shape index (κ2) is 4.29. The molecule has 0 aliphatic carbocycles. The minimum atomic E-state index is -4.25. The molecule has 0 atom stereocenters. The Bertz CT molecular complexity index is 263. The number of rotatable bonds is 0. The van der Waals surface area contributed by atoms with Crippen LogP contribution < -0.4 is 16.2 Å². The molecule has 0 amide bonds. The Morgan fingerprint density at radius 3 is 2.25 bits per heavy atom. The Morgan fingerprint density at radius 2 is 1.92 bits per heavy atom. The van der Waals surface area contributed by atoms with Crippen molar-refractivity contribution < 1.29 is 25.6 Å². The van der Waals surface area contributed by atoms with E-state index in [1.54, 1.807) is 0 Å². The standard InChI is InChI=1S/C6H3F3N.ClH.Mg/c7-6(8,9)5-1-3-10-4-2-5;;/h1-3H;1H;/q;;+1/p-1. The molecule has 0 fully saturated rings. The molecule has 0 aliphatic rings. The van der Waals surface area contributed by atoms with Gasteiger partial charge in [-0.25, -0.2) is 0 Å². The summed E-state index contributed by atoms with van der Waals surface area (Å²) < 4.78 is 36.2. The van der Waals surface area contributed by atoms with E-state index >= 15 is 0 Å². The molecule has 0 saturated carbocycles. The summed E-state index contributed by atoms with van der Waals surface area (Å²) in [6.45, 7) is 0. The van der Waals surface area contributed by atoms with Gasteiger partial charge in [0.15, 0.2) is 0 Å². The van der Waals surface area contributed by atoms with E-state index in [1.807, 2.05) is 0 Å². The zero-order valence-electron chi connectivity index (χ0n) is 5.90. The second-order valence-corrected chi connectivity index (χ2v) is 2.76. The molecule has 0 aliphatic heterocycles. The normalized spacial score (nSPS) is 10.8. The fourth-order valence-electron chi connectivity index (χ4n) is 0.655. The van der Waals surface area contributed by atoms with Crippen LogP contribution in [-0.4, -0.2) is 26.7 Å². The molecule has 0 unspecified atom stereocenters. The molecule has 0 bridgehead atoms. The summed E-state index contributed by atoms with van der Waals surface area (Å²) in [5, 5.41) is 0. The van der Waals surface area contributed by atoms with Crippen molar-refractivity contribution in [2.24, 2.45) is 0 Å². The number of aromatic nitrogens is 1. The van der Waals surface area contributed by atoms with Crippen LogP contribution in [0.1, 0.15) is 5.56 Å². The topological polar surface area (TPSA) is 12.9 Å². The molecule has 0 saturated heterocycles. The van der Waals surface area contributed by atoms with Gasteiger partial charge in [0.25, 0.3) is 0 Å². The van der Waals surface area contributed by atoms with Crippen molar-refractivity contribution in [1.29, 1.82) is 0 Å². The van der Waals surface area contributed by atoms with Gasteiger partial charge in [-0.3, -0.25) is 0 Å². The van der Waals surface area contributed by atoms with Crippen molar-refractivity contribution in [2.45, 2.75) is 6.18 Å². The average Bonchev–Trinajstić information content (AvgIpc) is 1.86. The van der Waals surface area contributed by atoms with Gasteiger partial charge in [-0.15, -0.1) is 0 Å². The van der Waals surface area contributed by atoms with Crippen molar-refractivity contribution >= 4 is 25.5 Å². The molecule has 12 heavy (non-hydrogen) atoms. The summed E-state index contributed by atoms with van der Waals surface area (Å²) >= 11 is 1.33. The van der Waals surface area contributed by atoms with Gasteiger partial charge >= 0.3 is 73.8 Å². The average molecular weight is 206 g/mol. The van der Waals surface area contributed by atoms with Crippen LogP contribution >= 0.6 is 0 Å². The van der Waals surface area contributed by atoms with Crippen molar-refractivity contribution in [1.82, 2.24) is 4.98 Å². The number of hydrogen-bond donors (Lipinski definition) is 0. The van der Waals surface area contributed by atoms with Crippen LogP contribution in [0, 0.1) is 0 Å². The molecule has 0 aromatic carbocycles. The van der Waals surface area contributed by atoms with Gasteiger partial charge in [0.05, 0.1) is 0 Å². The Hall–Kier alpha value is -0.00377. The van der Waals surface area contributed by atoms with Gasteiger partial charge in [0, 0.05) is 0 Å². The third-order valence-electron chi connectivity index (χ3n) is 1.14. The predicted molar refractivity (Wildman–Crippen MR) is 34.6 cm³/mol. The van der Waals surface area contributed by atoms with E-state index < -0.39 is 11.7 Å². The third kappa shape index (κ3) is 3.16. The molecule has 0 spiro atoms. The fourth-order valence-corrected chi connectivity index (χ4v) is 0.980. The molecule has 0 N–H and O–H groups in total. The quantitative estimate of drug-likeness (QED) is 0.443. The summed E-state index contributed by atoms with van der Waals surface area (Å²) in [4.78, 5) is 3.67. The summed E-state index contributed by atoms with van der Waals surface area (Å²) in [5.41, 5.74) is -0.641. The summed E-state index contributed by atoms with van der Waals surface area (Å²) in [7, 11) is 0. The van der Waals surface area contributed by atoms with Gasteiger partial charge in [-0.05, 0) is 0 Å². The maximum Gasteiger partial charge on any atom is -1.00 e. The molecule has 1 aromatic heterocycles. The molecular formula is C6H3ClF3MgN. The van der Waals surface area contributed by atoms with E-state index in [2.05, 4.69) is 4.98 Å². The van der Waals surface area contributed by atoms with Crippen LogP contribution in [0.15, 0.2) is 18.3 Å². The third-order valence-corrected chi connectivity index (χ3v) is 1.53. The van der Waals surface area contributed by atoms with Crippen LogP contribution in [0.25, 0.3) is 0 Å². The monoisotopic (exact) mass is 205 g/mol. The van der Waals surface area contributed by atoms with Crippen molar-refractivity contribution in [3.8, 4) is 0 Å². The van der Waals surface area contributed by atoms with Gasteiger partial charge in [-0.2, -0.15) is 0 Å². The van der Waals surface area contributed by atoms with E-state index in [4.69, 9.17) is 0 Å². The SMILES string of the molecule is FC(F)(F)c1ccn[c]([Mg+])c1.[Cl-]. The number of nitrogens with zero attached hydrogens (tertiary/aromatic N) is 1. The van der Waals surface area contributed by atoms with Gasteiger partial charge in [-0.1, -0.05) is 0 Å². The Balaban J connectivity index is 0.00000121. The zero-order valence-corrected chi connectivity index (χ0v) is 8.07. The smallest absolute Gasteiger partial charge is 1.00 e. The Kier molecular flexibility index (Phi) is 4.29. The van der Waals surface area contributed by atoms with Crippen LogP contribution in [-0.2, 0) is 6.18 Å². The second-order valence-electron chi connectivity index (χ2n) is 2.03. The fraction of sp³-hybridized carbons (Fsp3) is 0.167. The number of alkyl halides is 3. The molecule has 1 heterocycles. The van der Waals surface area contributed by atoms with Crippen LogP contribution in [0.4, 0.5) is 13.2 Å². The van der Waals surface area contributed by atoms with E-state index in [0.717, 1.165) is 18.3 Å². The first-order chi connectivity index (χ1) is 5.00. The molecule has 1 nitrogen and oxygen atoms in total. The summed E-state index contributed by atoms with van der Waals surface area (Å²) in [6, 6.07) is 1.98. The molecule has 0 radical (unpaired) electrons. The molecule has 1 rings (SSSR count). The first kappa shape index (κ1) is 12.0. The van der Waals surface area contributed by atoms with Crippen molar-refractivity contribution in [3.63, 3.8) is 0 Å². The molecular weight excluding hydrogens is 203 g/mol. The number of hydrogen-bond acceptors (Lipinski definition) is 1. The van der Waals surface area contributed by atoms with Crippen LogP contribution in [0.2, 0.25) is 0 Å². The molecule has 6 heteroatoms. The Labute approximate surface area is 86.2 Å². The van der Waals surface area contributed by atoms with E-state index in [0.29, 0.717) is 3.82 Å². The molecule has 1 aromatic rings. The Morgan fingerprint density at radius 1 is 1.33 bits per heavy atom. The minimum Gasteiger partial charge on any atom is -1.00 e. The van der Waals surface area contributed by atoms with E-state index in [-0.39, 0.29) is 12.4 Å². The molecule has 62 valence electrons. The van der Waals surface area contributed by atoms with Gasteiger partial charge in [0.2, 0.25) is 0 Å².